The highest BCUT2D eigenvalue weighted by atomic mass is 79.9. The van der Waals surface area contributed by atoms with E-state index in [-0.39, 0.29) is 11.7 Å². The van der Waals surface area contributed by atoms with Crippen LogP contribution in [0.4, 0.5) is 0 Å². The monoisotopic (exact) mass is 315 g/mol. The molecule has 1 aromatic carbocycles. The molecule has 0 aliphatic heterocycles. The summed E-state index contributed by atoms with van der Waals surface area (Å²) in [6.45, 7) is 2.70. The molecular weight excluding hydrogens is 298 g/mol. The average molecular weight is 316 g/mol. The highest BCUT2D eigenvalue weighted by Gasteiger charge is 2.10. The first-order valence-electron chi connectivity index (χ1n) is 5.79. The van der Waals surface area contributed by atoms with E-state index in [2.05, 4.69) is 28.2 Å². The molecule has 0 radical (unpaired) electrons. The van der Waals surface area contributed by atoms with Crippen molar-refractivity contribution >= 4 is 21.8 Å². The zero-order valence-corrected chi connectivity index (χ0v) is 12.2. The van der Waals surface area contributed by atoms with E-state index in [1.54, 1.807) is 12.1 Å². The number of nitrogens with one attached hydrogen (secondary N) is 1. The van der Waals surface area contributed by atoms with Crippen LogP contribution in [-0.2, 0) is 0 Å². The number of phenolic OH excluding ortho intramolecular Hbond substituents is 1. The molecule has 1 aromatic rings. The Hall–Kier alpha value is -1.23. The molecule has 1 atom stereocenters. The number of phenols is 1. The number of ether oxygens (including phenoxy) is 1. The van der Waals surface area contributed by atoms with Crippen molar-refractivity contribution in [2.24, 2.45) is 5.92 Å². The number of benzene rings is 1. The Morgan fingerprint density at radius 2 is 2.28 bits per heavy atom. The maximum Gasteiger partial charge on any atom is 0.251 e. The largest absolute Gasteiger partial charge is 0.504 e. The van der Waals surface area contributed by atoms with Gasteiger partial charge < -0.3 is 15.2 Å². The minimum Gasteiger partial charge on any atom is -0.504 e. The quantitative estimate of drug-likeness (QED) is 0.793. The number of hydrogen-bond acceptors (Lipinski definition) is 3. The van der Waals surface area contributed by atoms with E-state index >= 15 is 0 Å². The predicted molar refractivity (Wildman–Crippen MR) is 74.6 cm³/mol. The fraction of sp³-hybridized carbons (Fsp3) is 0.462. The molecular formula is C13H18BrNO3. The molecule has 0 aromatic heterocycles. The van der Waals surface area contributed by atoms with Crippen molar-refractivity contribution in [3.8, 4) is 11.5 Å². The predicted octanol–water partition coefficient (Wildman–Crippen LogP) is 2.55. The van der Waals surface area contributed by atoms with E-state index in [9.17, 15) is 9.90 Å². The third-order valence-corrected chi connectivity index (χ3v) is 3.11. The molecule has 100 valence electrons. The number of rotatable bonds is 6. The number of halogens is 1. The summed E-state index contributed by atoms with van der Waals surface area (Å²) in [4.78, 5) is 11.8. The summed E-state index contributed by atoms with van der Waals surface area (Å²) in [6, 6.07) is 4.61. The Morgan fingerprint density at radius 1 is 1.56 bits per heavy atom. The lowest BCUT2D eigenvalue weighted by atomic mass is 10.1. The second-order valence-corrected chi connectivity index (χ2v) is 4.97. The van der Waals surface area contributed by atoms with Crippen molar-refractivity contribution in [1.29, 1.82) is 0 Å². The minimum atomic E-state index is -0.186. The van der Waals surface area contributed by atoms with Gasteiger partial charge in [0, 0.05) is 17.4 Å². The molecule has 0 fully saturated rings. The molecule has 0 aliphatic rings. The molecule has 1 rings (SSSR count). The standard InChI is InChI=1S/C13H18BrNO3/c1-9(5-6-14)8-15-13(17)10-3-4-12(18-2)11(16)7-10/h3-4,7,9,16H,5-6,8H2,1-2H3,(H,15,17). The zero-order chi connectivity index (χ0) is 13.5. The molecule has 0 aliphatic carbocycles. The lowest BCUT2D eigenvalue weighted by molar-refractivity contribution is 0.0947. The Morgan fingerprint density at radius 3 is 2.83 bits per heavy atom. The molecule has 1 unspecified atom stereocenters. The van der Waals surface area contributed by atoms with Crippen molar-refractivity contribution in [3.63, 3.8) is 0 Å². The molecule has 1 amide bonds. The van der Waals surface area contributed by atoms with E-state index in [0.29, 0.717) is 23.8 Å². The van der Waals surface area contributed by atoms with Gasteiger partial charge in [-0.25, -0.2) is 0 Å². The van der Waals surface area contributed by atoms with Gasteiger partial charge in [0.05, 0.1) is 7.11 Å². The fourth-order valence-electron chi connectivity index (χ4n) is 1.49. The van der Waals surface area contributed by atoms with Gasteiger partial charge in [0.15, 0.2) is 11.5 Å². The zero-order valence-electron chi connectivity index (χ0n) is 10.6. The number of amides is 1. The molecule has 0 saturated heterocycles. The summed E-state index contributed by atoms with van der Waals surface area (Å²) in [6.07, 6.45) is 1.01. The summed E-state index contributed by atoms with van der Waals surface area (Å²) in [5, 5.41) is 13.4. The highest BCUT2D eigenvalue weighted by Crippen LogP contribution is 2.26. The Labute approximate surface area is 115 Å². The summed E-state index contributed by atoms with van der Waals surface area (Å²) in [7, 11) is 1.47. The normalized spacial score (nSPS) is 11.9. The van der Waals surface area contributed by atoms with Gasteiger partial charge in [-0.1, -0.05) is 22.9 Å². The van der Waals surface area contributed by atoms with Crippen molar-refractivity contribution in [3.05, 3.63) is 23.8 Å². The molecule has 2 N–H and O–H groups in total. The Bertz CT molecular complexity index is 409. The smallest absolute Gasteiger partial charge is 0.251 e. The van der Waals surface area contributed by atoms with Crippen LogP contribution in [0.1, 0.15) is 23.7 Å². The van der Waals surface area contributed by atoms with Crippen molar-refractivity contribution in [1.82, 2.24) is 5.32 Å². The second-order valence-electron chi connectivity index (χ2n) is 4.18. The highest BCUT2D eigenvalue weighted by molar-refractivity contribution is 9.09. The summed E-state index contributed by atoms with van der Waals surface area (Å²) in [5.41, 5.74) is 0.430. The Kier molecular flexibility index (Phi) is 5.98. The van der Waals surface area contributed by atoms with Gasteiger partial charge in [-0.3, -0.25) is 4.79 Å². The van der Waals surface area contributed by atoms with Gasteiger partial charge in [0.1, 0.15) is 0 Å². The molecule has 5 heteroatoms. The van der Waals surface area contributed by atoms with Gasteiger partial charge in [-0.2, -0.15) is 0 Å². The van der Waals surface area contributed by atoms with E-state index in [0.717, 1.165) is 11.8 Å². The van der Waals surface area contributed by atoms with Crippen LogP contribution in [0, 0.1) is 5.92 Å². The van der Waals surface area contributed by atoms with Gasteiger partial charge >= 0.3 is 0 Å². The van der Waals surface area contributed by atoms with Crippen molar-refractivity contribution in [2.75, 3.05) is 19.0 Å². The molecule has 0 spiro atoms. The molecule has 0 heterocycles. The summed E-state index contributed by atoms with van der Waals surface area (Å²) >= 11 is 3.37. The second kappa shape index (κ2) is 7.26. The lowest BCUT2D eigenvalue weighted by Crippen LogP contribution is -2.28. The van der Waals surface area contributed by atoms with Crippen LogP contribution in [0.2, 0.25) is 0 Å². The van der Waals surface area contributed by atoms with E-state index in [1.807, 2.05) is 0 Å². The van der Waals surface area contributed by atoms with Crippen LogP contribution in [-0.4, -0.2) is 30.0 Å². The number of carbonyl (C=O) groups excluding carboxylic acids is 1. The van der Waals surface area contributed by atoms with Crippen LogP contribution in [0.5, 0.6) is 11.5 Å². The first-order chi connectivity index (χ1) is 8.58. The van der Waals surface area contributed by atoms with Crippen LogP contribution < -0.4 is 10.1 Å². The van der Waals surface area contributed by atoms with Gasteiger partial charge in [0.25, 0.3) is 5.91 Å². The van der Waals surface area contributed by atoms with Crippen LogP contribution in [0.3, 0.4) is 0 Å². The third-order valence-electron chi connectivity index (χ3n) is 2.65. The molecule has 18 heavy (non-hydrogen) atoms. The minimum absolute atomic E-state index is 0.0290. The van der Waals surface area contributed by atoms with Gasteiger partial charge in [0.2, 0.25) is 0 Å². The van der Waals surface area contributed by atoms with Crippen molar-refractivity contribution in [2.45, 2.75) is 13.3 Å². The molecule has 4 nitrogen and oxygen atoms in total. The van der Waals surface area contributed by atoms with Crippen LogP contribution in [0.25, 0.3) is 0 Å². The van der Waals surface area contributed by atoms with E-state index < -0.39 is 0 Å². The van der Waals surface area contributed by atoms with Crippen LogP contribution in [0.15, 0.2) is 18.2 Å². The number of hydrogen-bond donors (Lipinski definition) is 2. The maximum absolute atomic E-state index is 11.8. The van der Waals surface area contributed by atoms with Gasteiger partial charge in [-0.15, -0.1) is 0 Å². The lowest BCUT2D eigenvalue weighted by Gasteiger charge is -2.11. The van der Waals surface area contributed by atoms with Crippen molar-refractivity contribution < 1.29 is 14.6 Å². The number of aromatic hydroxyl groups is 1. The first kappa shape index (κ1) is 14.8. The summed E-state index contributed by atoms with van der Waals surface area (Å²) in [5.74, 6) is 0.562. The average Bonchev–Trinajstić information content (AvgIpc) is 2.36. The number of methoxy groups -OCH3 is 1. The van der Waals surface area contributed by atoms with Gasteiger partial charge in [-0.05, 0) is 30.5 Å². The topological polar surface area (TPSA) is 58.6 Å². The fourth-order valence-corrected chi connectivity index (χ4v) is 2.27. The number of alkyl halides is 1. The maximum atomic E-state index is 11.8. The SMILES string of the molecule is COc1ccc(C(=O)NCC(C)CCBr)cc1O. The molecule has 0 saturated carbocycles. The van der Waals surface area contributed by atoms with E-state index in [1.165, 1.54) is 13.2 Å². The van der Waals surface area contributed by atoms with Crippen LogP contribution >= 0.6 is 15.9 Å². The first-order valence-corrected chi connectivity index (χ1v) is 6.91. The summed E-state index contributed by atoms with van der Waals surface area (Å²) < 4.78 is 4.92. The van der Waals surface area contributed by atoms with E-state index in [4.69, 9.17) is 4.74 Å². The number of carbonyl (C=O) groups is 1. The third kappa shape index (κ3) is 4.22. The molecule has 0 bridgehead atoms. The Balaban J connectivity index is 2.59.